The van der Waals surface area contributed by atoms with E-state index in [0.717, 1.165) is 22.3 Å². The number of hydrogen-bond donors (Lipinski definition) is 0. The second-order valence-electron chi connectivity index (χ2n) is 9.44. The Labute approximate surface area is 212 Å². The van der Waals surface area contributed by atoms with E-state index in [1.165, 1.54) is 23.3 Å². The molecular weight excluding hydrogens is 483 g/mol. The predicted molar refractivity (Wildman–Crippen MR) is 131 cm³/mol. The van der Waals surface area contributed by atoms with Gasteiger partial charge in [-0.2, -0.15) is 0 Å². The molecule has 0 saturated carbocycles. The lowest BCUT2D eigenvalue weighted by molar-refractivity contribution is -0.274. The van der Waals surface area contributed by atoms with E-state index in [4.69, 9.17) is 9.47 Å². The third-order valence-electron chi connectivity index (χ3n) is 7.20. The summed E-state index contributed by atoms with van der Waals surface area (Å²) in [7, 11) is 0. The molecule has 0 aromatic heterocycles. The van der Waals surface area contributed by atoms with E-state index in [1.54, 1.807) is 17.0 Å². The van der Waals surface area contributed by atoms with Gasteiger partial charge in [0.15, 0.2) is 0 Å². The molecule has 1 aliphatic carbocycles. The summed E-state index contributed by atoms with van der Waals surface area (Å²) >= 11 is 0. The van der Waals surface area contributed by atoms with Crippen molar-refractivity contribution >= 4 is 11.7 Å². The molecule has 2 unspecified atom stereocenters. The molecule has 3 aliphatic rings. The van der Waals surface area contributed by atoms with Crippen LogP contribution in [0.1, 0.15) is 29.0 Å². The first-order valence-electron chi connectivity index (χ1n) is 12.2. The van der Waals surface area contributed by atoms with Crippen molar-refractivity contribution in [1.82, 2.24) is 4.90 Å². The molecule has 3 aromatic rings. The van der Waals surface area contributed by atoms with E-state index in [1.807, 2.05) is 30.3 Å². The van der Waals surface area contributed by atoms with E-state index < -0.39 is 6.36 Å². The zero-order valence-corrected chi connectivity index (χ0v) is 19.8. The highest BCUT2D eigenvalue weighted by atomic mass is 19.4. The Hall–Kier alpha value is -3.78. The van der Waals surface area contributed by atoms with E-state index in [0.29, 0.717) is 19.6 Å². The SMILES string of the molecule is O=C(OCC1c2ccccc2-c2ccccc21)N1C2C=C(c3ccc(OC(F)(F)F)cc3)CC1COC2. The average molecular weight is 508 g/mol. The lowest BCUT2D eigenvalue weighted by Crippen LogP contribution is -2.56. The molecule has 3 aromatic carbocycles. The number of fused-ring (bicyclic) bond motifs is 5. The van der Waals surface area contributed by atoms with Gasteiger partial charge < -0.3 is 14.2 Å². The van der Waals surface area contributed by atoms with Crippen LogP contribution in [0.4, 0.5) is 18.0 Å². The van der Waals surface area contributed by atoms with Gasteiger partial charge >= 0.3 is 12.5 Å². The molecule has 2 atom stereocenters. The first-order chi connectivity index (χ1) is 17.9. The van der Waals surface area contributed by atoms with E-state index >= 15 is 0 Å². The van der Waals surface area contributed by atoms with E-state index in [9.17, 15) is 18.0 Å². The molecule has 190 valence electrons. The van der Waals surface area contributed by atoms with E-state index in [2.05, 4.69) is 29.0 Å². The summed E-state index contributed by atoms with van der Waals surface area (Å²) in [5.41, 5.74) is 6.39. The first kappa shape index (κ1) is 23.6. The number of benzene rings is 3. The van der Waals surface area contributed by atoms with Crippen molar-refractivity contribution < 1.29 is 32.2 Å². The van der Waals surface area contributed by atoms with Gasteiger partial charge in [-0.1, -0.05) is 66.7 Å². The van der Waals surface area contributed by atoms with Crippen LogP contribution in [-0.2, 0) is 9.47 Å². The highest BCUT2D eigenvalue weighted by molar-refractivity contribution is 5.79. The maximum Gasteiger partial charge on any atom is 0.573 e. The van der Waals surface area contributed by atoms with Crippen LogP contribution in [0.2, 0.25) is 0 Å². The summed E-state index contributed by atoms with van der Waals surface area (Å²) in [5.74, 6) is -0.294. The Balaban J connectivity index is 1.17. The monoisotopic (exact) mass is 507 g/mol. The molecule has 6 rings (SSSR count). The van der Waals surface area contributed by atoms with Gasteiger partial charge in [0.05, 0.1) is 25.3 Å². The molecule has 1 fully saturated rings. The van der Waals surface area contributed by atoms with Crippen LogP contribution in [0, 0.1) is 0 Å². The van der Waals surface area contributed by atoms with Crippen LogP contribution < -0.4 is 4.74 Å². The van der Waals surface area contributed by atoms with Gasteiger partial charge in [0, 0.05) is 5.92 Å². The Morgan fingerprint density at radius 3 is 2.19 bits per heavy atom. The zero-order valence-electron chi connectivity index (χ0n) is 19.8. The Morgan fingerprint density at radius 1 is 0.919 bits per heavy atom. The molecule has 1 amide bonds. The maximum absolute atomic E-state index is 13.3. The summed E-state index contributed by atoms with van der Waals surface area (Å²) in [6.45, 7) is 0.938. The predicted octanol–water partition coefficient (Wildman–Crippen LogP) is 6.39. The standard InChI is InChI=1S/C29H24F3NO4/c30-29(31,32)37-22-11-9-18(10-12-22)19-13-20-15-35-16-21(14-19)33(20)28(34)36-17-27-25-7-3-1-5-23(25)24-6-2-4-8-26(24)27/h1-13,20-21,27H,14-17H2. The van der Waals surface area contributed by atoms with Crippen LogP contribution in [-0.4, -0.2) is 49.3 Å². The fourth-order valence-corrected chi connectivity index (χ4v) is 5.63. The van der Waals surface area contributed by atoms with Crippen LogP contribution in [0.25, 0.3) is 16.7 Å². The quantitative estimate of drug-likeness (QED) is 0.411. The van der Waals surface area contributed by atoms with Crippen LogP contribution in [0.3, 0.4) is 0 Å². The number of ether oxygens (including phenoxy) is 3. The number of morpholine rings is 1. The first-order valence-corrected chi connectivity index (χ1v) is 12.2. The van der Waals surface area contributed by atoms with Crippen molar-refractivity contribution in [2.45, 2.75) is 30.8 Å². The van der Waals surface area contributed by atoms with Gasteiger partial charge in [-0.25, -0.2) is 4.79 Å². The van der Waals surface area contributed by atoms with Crippen molar-refractivity contribution in [3.05, 3.63) is 95.6 Å². The summed E-state index contributed by atoms with van der Waals surface area (Å²) in [6, 6.07) is 21.6. The molecule has 0 spiro atoms. The number of carbonyl (C=O) groups is 1. The van der Waals surface area contributed by atoms with Gasteiger partial charge in [0.1, 0.15) is 12.4 Å². The van der Waals surface area contributed by atoms with Gasteiger partial charge in [0.25, 0.3) is 0 Å². The second-order valence-corrected chi connectivity index (χ2v) is 9.44. The molecule has 2 bridgehead atoms. The van der Waals surface area contributed by atoms with Gasteiger partial charge in [-0.05, 0) is 51.9 Å². The molecule has 2 aliphatic heterocycles. The molecule has 5 nitrogen and oxygen atoms in total. The molecule has 0 N–H and O–H groups in total. The number of nitrogens with zero attached hydrogens (tertiary/aromatic N) is 1. The minimum atomic E-state index is -4.73. The smallest absolute Gasteiger partial charge is 0.448 e. The van der Waals surface area contributed by atoms with Crippen molar-refractivity contribution in [2.24, 2.45) is 0 Å². The number of hydrogen-bond acceptors (Lipinski definition) is 4. The Kier molecular flexibility index (Phi) is 5.91. The van der Waals surface area contributed by atoms with Gasteiger partial charge in [-0.3, -0.25) is 4.90 Å². The summed E-state index contributed by atoms with van der Waals surface area (Å²) in [5, 5.41) is 0. The Morgan fingerprint density at radius 2 is 1.57 bits per heavy atom. The van der Waals surface area contributed by atoms with Crippen molar-refractivity contribution in [3.8, 4) is 16.9 Å². The molecule has 37 heavy (non-hydrogen) atoms. The zero-order chi connectivity index (χ0) is 25.6. The largest absolute Gasteiger partial charge is 0.573 e. The summed E-state index contributed by atoms with van der Waals surface area (Å²) < 4.78 is 53.0. The minimum absolute atomic E-state index is 0.0271. The molecular formula is C29H24F3NO4. The molecule has 8 heteroatoms. The number of amides is 1. The molecule has 1 saturated heterocycles. The lowest BCUT2D eigenvalue weighted by atomic mass is 9.90. The topological polar surface area (TPSA) is 48.0 Å². The summed E-state index contributed by atoms with van der Waals surface area (Å²) in [4.78, 5) is 15.0. The average Bonchev–Trinajstić information content (AvgIpc) is 3.20. The number of carbonyl (C=O) groups excluding carboxylic acids is 1. The maximum atomic E-state index is 13.3. The van der Waals surface area contributed by atoms with Crippen LogP contribution in [0.15, 0.2) is 78.9 Å². The highest BCUT2D eigenvalue weighted by Crippen LogP contribution is 2.44. The van der Waals surface area contributed by atoms with Crippen LogP contribution >= 0.6 is 0 Å². The minimum Gasteiger partial charge on any atom is -0.448 e. The molecule has 2 heterocycles. The number of alkyl halides is 3. The third kappa shape index (κ3) is 4.57. The summed E-state index contributed by atoms with van der Waals surface area (Å²) in [6.07, 6.45) is -2.66. The second kappa shape index (κ2) is 9.27. The van der Waals surface area contributed by atoms with E-state index in [-0.39, 0.29) is 36.5 Å². The third-order valence-corrected chi connectivity index (χ3v) is 7.20. The number of rotatable bonds is 4. The van der Waals surface area contributed by atoms with Crippen molar-refractivity contribution in [3.63, 3.8) is 0 Å². The Bertz CT molecular complexity index is 1310. The fourth-order valence-electron chi connectivity index (χ4n) is 5.63. The lowest BCUT2D eigenvalue weighted by Gasteiger charge is -2.44. The van der Waals surface area contributed by atoms with Crippen molar-refractivity contribution in [1.29, 1.82) is 0 Å². The van der Waals surface area contributed by atoms with Crippen molar-refractivity contribution in [2.75, 3.05) is 19.8 Å². The fraction of sp³-hybridized carbons (Fsp3) is 0.276. The normalized spacial score (nSPS) is 20.6. The van der Waals surface area contributed by atoms with Crippen LogP contribution in [0.5, 0.6) is 5.75 Å². The highest BCUT2D eigenvalue weighted by Gasteiger charge is 2.40. The van der Waals surface area contributed by atoms with Gasteiger partial charge in [0.2, 0.25) is 0 Å². The van der Waals surface area contributed by atoms with Gasteiger partial charge in [-0.15, -0.1) is 13.2 Å². The molecule has 0 radical (unpaired) electrons. The number of halogens is 3.